The minimum atomic E-state index is -0.583. The van der Waals surface area contributed by atoms with E-state index in [1.54, 1.807) is 0 Å². The van der Waals surface area contributed by atoms with Crippen LogP contribution < -0.4 is 5.73 Å². The summed E-state index contributed by atoms with van der Waals surface area (Å²) >= 11 is 0. The van der Waals surface area contributed by atoms with E-state index in [-0.39, 0.29) is 18.2 Å². The van der Waals surface area contributed by atoms with E-state index in [0.29, 0.717) is 6.41 Å². The van der Waals surface area contributed by atoms with Crippen LogP contribution in [0.2, 0.25) is 0 Å². The average Bonchev–Trinajstić information content (AvgIpc) is 2.46. The molecule has 1 fully saturated rings. The molecule has 0 aromatic rings. The van der Waals surface area contributed by atoms with Gasteiger partial charge in [-0.05, 0) is 13.3 Å². The van der Waals surface area contributed by atoms with Crippen molar-refractivity contribution in [3.63, 3.8) is 0 Å². The highest BCUT2D eigenvalue weighted by molar-refractivity contribution is 5.85. The van der Waals surface area contributed by atoms with E-state index in [4.69, 9.17) is 10.5 Å². The van der Waals surface area contributed by atoms with Crippen LogP contribution in [0, 0.1) is 5.92 Å². The molecule has 0 aromatic heterocycles. The molecule has 5 heteroatoms. The minimum Gasteiger partial charge on any atom is -0.366 e. The summed E-state index contributed by atoms with van der Waals surface area (Å²) in [6, 6.07) is 0. The van der Waals surface area contributed by atoms with Gasteiger partial charge in [0.1, 0.15) is 6.23 Å². The van der Waals surface area contributed by atoms with Crippen molar-refractivity contribution < 1.29 is 14.3 Å². The average molecular weight is 212 g/mol. The summed E-state index contributed by atoms with van der Waals surface area (Å²) in [6.45, 7) is 3.96. The first-order valence-corrected chi connectivity index (χ1v) is 4.90. The van der Waals surface area contributed by atoms with Crippen LogP contribution >= 0.6 is 0 Å². The zero-order chi connectivity index (χ0) is 11.4. The Bertz CT molecular complexity index is 278. The van der Waals surface area contributed by atoms with Gasteiger partial charge in [0, 0.05) is 18.2 Å². The van der Waals surface area contributed by atoms with E-state index in [9.17, 15) is 9.59 Å². The van der Waals surface area contributed by atoms with Gasteiger partial charge in [0.2, 0.25) is 12.3 Å². The van der Waals surface area contributed by atoms with Crippen LogP contribution in [0.4, 0.5) is 0 Å². The molecule has 2 amide bonds. The fraction of sp³-hybridized carbons (Fsp3) is 0.600. The molecule has 2 N–H and O–H groups in total. The number of amides is 2. The first kappa shape index (κ1) is 11.7. The zero-order valence-corrected chi connectivity index (χ0v) is 8.92. The number of nitrogens with zero attached hydrogens (tertiary/aromatic N) is 1. The van der Waals surface area contributed by atoms with E-state index in [1.807, 2.05) is 13.8 Å². The Labute approximate surface area is 88.9 Å². The molecule has 0 aromatic carbocycles. The summed E-state index contributed by atoms with van der Waals surface area (Å²) < 4.78 is 5.55. The SMILES string of the molecule is CC1CC(C)C(N(C=O)C=CC(N)=O)O1. The predicted molar refractivity (Wildman–Crippen MR) is 54.4 cm³/mol. The normalized spacial score (nSPS) is 30.7. The monoisotopic (exact) mass is 212 g/mol. The molecule has 0 radical (unpaired) electrons. The van der Waals surface area contributed by atoms with Gasteiger partial charge >= 0.3 is 0 Å². The zero-order valence-electron chi connectivity index (χ0n) is 8.92. The molecule has 0 spiro atoms. The lowest BCUT2D eigenvalue weighted by Gasteiger charge is -2.23. The third-order valence-electron chi connectivity index (χ3n) is 2.39. The van der Waals surface area contributed by atoms with Gasteiger partial charge in [-0.3, -0.25) is 14.5 Å². The minimum absolute atomic E-state index is 0.134. The van der Waals surface area contributed by atoms with E-state index in [2.05, 4.69) is 0 Å². The summed E-state index contributed by atoms with van der Waals surface area (Å²) in [5.41, 5.74) is 4.95. The third kappa shape index (κ3) is 3.06. The van der Waals surface area contributed by atoms with Gasteiger partial charge in [-0.25, -0.2) is 0 Å². The van der Waals surface area contributed by atoms with Gasteiger partial charge in [-0.2, -0.15) is 0 Å². The molecule has 1 heterocycles. The van der Waals surface area contributed by atoms with Gasteiger partial charge in [0.15, 0.2) is 0 Å². The Kier molecular flexibility index (Phi) is 3.85. The maximum atomic E-state index is 10.8. The molecule has 84 valence electrons. The second-order valence-electron chi connectivity index (χ2n) is 3.82. The Morgan fingerprint density at radius 2 is 2.20 bits per heavy atom. The van der Waals surface area contributed by atoms with Crippen LogP contribution in [0.3, 0.4) is 0 Å². The highest BCUT2D eigenvalue weighted by Gasteiger charge is 2.32. The standard InChI is InChI=1S/C10H16N2O3/c1-7-5-8(2)15-10(7)12(6-13)4-3-9(11)14/h3-4,6-8,10H,5H2,1-2H3,(H2,11,14). The van der Waals surface area contributed by atoms with Crippen molar-refractivity contribution in [2.75, 3.05) is 0 Å². The Morgan fingerprint density at radius 1 is 1.53 bits per heavy atom. The molecular weight excluding hydrogens is 196 g/mol. The van der Waals surface area contributed by atoms with E-state index in [1.165, 1.54) is 11.1 Å². The van der Waals surface area contributed by atoms with Crippen LogP contribution in [0.25, 0.3) is 0 Å². The highest BCUT2D eigenvalue weighted by Crippen LogP contribution is 2.27. The van der Waals surface area contributed by atoms with Gasteiger partial charge in [0.25, 0.3) is 0 Å². The van der Waals surface area contributed by atoms with E-state index < -0.39 is 5.91 Å². The lowest BCUT2D eigenvalue weighted by Crippen LogP contribution is -2.33. The number of hydrogen-bond donors (Lipinski definition) is 1. The van der Waals surface area contributed by atoms with Gasteiger partial charge in [0.05, 0.1) is 6.10 Å². The van der Waals surface area contributed by atoms with Crippen molar-refractivity contribution >= 4 is 12.3 Å². The summed E-state index contributed by atoms with van der Waals surface area (Å²) in [5.74, 6) is -0.330. The first-order chi connectivity index (χ1) is 7.04. The van der Waals surface area contributed by atoms with Gasteiger partial charge in [-0.1, -0.05) is 6.92 Å². The van der Waals surface area contributed by atoms with E-state index >= 15 is 0 Å². The molecule has 15 heavy (non-hydrogen) atoms. The number of hydrogen-bond acceptors (Lipinski definition) is 3. The van der Waals surface area contributed by atoms with Crippen molar-refractivity contribution in [1.82, 2.24) is 4.90 Å². The van der Waals surface area contributed by atoms with Crippen LogP contribution in [-0.2, 0) is 14.3 Å². The second-order valence-corrected chi connectivity index (χ2v) is 3.82. The number of primary amides is 1. The predicted octanol–water partition coefficient (Wildman–Crippen LogP) is 0.215. The number of carbonyl (C=O) groups excluding carboxylic acids is 2. The molecule has 0 bridgehead atoms. The summed E-state index contributed by atoms with van der Waals surface area (Å²) in [4.78, 5) is 22.7. The fourth-order valence-corrected chi connectivity index (χ4v) is 1.77. The second kappa shape index (κ2) is 4.93. The van der Waals surface area contributed by atoms with Gasteiger partial charge < -0.3 is 10.5 Å². The molecule has 3 atom stereocenters. The molecule has 0 saturated carbocycles. The van der Waals surface area contributed by atoms with Crippen LogP contribution in [-0.4, -0.2) is 29.5 Å². The Hall–Kier alpha value is -1.36. The number of rotatable bonds is 4. The van der Waals surface area contributed by atoms with E-state index in [0.717, 1.165) is 12.5 Å². The lowest BCUT2D eigenvalue weighted by atomic mass is 10.1. The number of carbonyl (C=O) groups is 2. The van der Waals surface area contributed by atoms with Crippen molar-refractivity contribution in [3.8, 4) is 0 Å². The van der Waals surface area contributed by atoms with Crippen molar-refractivity contribution in [3.05, 3.63) is 12.3 Å². The Morgan fingerprint density at radius 3 is 2.60 bits per heavy atom. The molecule has 5 nitrogen and oxygen atoms in total. The number of nitrogens with two attached hydrogens (primary N) is 1. The molecule has 1 aliphatic heterocycles. The third-order valence-corrected chi connectivity index (χ3v) is 2.39. The van der Waals surface area contributed by atoms with Crippen molar-refractivity contribution in [2.24, 2.45) is 11.7 Å². The first-order valence-electron chi connectivity index (χ1n) is 4.90. The van der Waals surface area contributed by atoms with Crippen LogP contribution in [0.5, 0.6) is 0 Å². The van der Waals surface area contributed by atoms with Crippen molar-refractivity contribution in [1.29, 1.82) is 0 Å². The topological polar surface area (TPSA) is 72.6 Å². The molecule has 1 aliphatic rings. The summed E-state index contributed by atoms with van der Waals surface area (Å²) in [6.07, 6.45) is 3.88. The molecule has 3 unspecified atom stereocenters. The number of ether oxygens (including phenoxy) is 1. The fourth-order valence-electron chi connectivity index (χ4n) is 1.77. The largest absolute Gasteiger partial charge is 0.366 e. The molecule has 1 rings (SSSR count). The summed E-state index contributed by atoms with van der Waals surface area (Å²) in [7, 11) is 0. The van der Waals surface area contributed by atoms with Crippen molar-refractivity contribution in [2.45, 2.75) is 32.6 Å². The highest BCUT2D eigenvalue weighted by atomic mass is 16.5. The van der Waals surface area contributed by atoms with Crippen LogP contribution in [0.15, 0.2) is 12.3 Å². The quantitative estimate of drug-likeness (QED) is 0.535. The molecule has 0 aliphatic carbocycles. The lowest BCUT2D eigenvalue weighted by molar-refractivity contribution is -0.127. The molecule has 1 saturated heterocycles. The maximum Gasteiger partial charge on any atom is 0.242 e. The van der Waals surface area contributed by atoms with Gasteiger partial charge in [-0.15, -0.1) is 0 Å². The maximum absolute atomic E-state index is 10.8. The molecular formula is C10H16N2O3. The van der Waals surface area contributed by atoms with Crippen LogP contribution in [0.1, 0.15) is 20.3 Å². The summed E-state index contributed by atoms with van der Waals surface area (Å²) in [5, 5.41) is 0. The Balaban J connectivity index is 2.66. The smallest absolute Gasteiger partial charge is 0.242 e.